The van der Waals surface area contributed by atoms with Crippen LogP contribution in [0.1, 0.15) is 0 Å². The molecule has 0 unspecified atom stereocenters. The zero-order chi connectivity index (χ0) is 10.1. The van der Waals surface area contributed by atoms with Crippen molar-refractivity contribution in [3.8, 4) is 10.6 Å². The molecule has 0 saturated carbocycles. The van der Waals surface area contributed by atoms with Gasteiger partial charge in [-0.25, -0.2) is 13.8 Å². The lowest BCUT2D eigenvalue weighted by Gasteiger charge is -2.02. The topological polar surface area (TPSA) is 12.9 Å². The average Bonchev–Trinajstić information content (AvgIpc) is 2.67. The van der Waals surface area contributed by atoms with Crippen LogP contribution in [0, 0.1) is 11.6 Å². The molecule has 5 heteroatoms. The number of thiazole rings is 1. The van der Waals surface area contributed by atoms with Gasteiger partial charge in [-0.3, -0.25) is 0 Å². The second-order valence-electron chi connectivity index (χ2n) is 2.56. The van der Waals surface area contributed by atoms with E-state index in [0.29, 0.717) is 10.6 Å². The normalized spacial score (nSPS) is 10.5. The van der Waals surface area contributed by atoms with E-state index in [1.54, 1.807) is 11.6 Å². The molecule has 0 spiro atoms. The molecule has 0 fully saturated rings. The Morgan fingerprint density at radius 1 is 1.29 bits per heavy atom. The van der Waals surface area contributed by atoms with Crippen LogP contribution in [0.15, 0.2) is 28.2 Å². The summed E-state index contributed by atoms with van der Waals surface area (Å²) >= 11 is 4.38. The zero-order valence-electron chi connectivity index (χ0n) is 6.80. The quantitative estimate of drug-likeness (QED) is 0.721. The van der Waals surface area contributed by atoms with Crippen LogP contribution in [-0.2, 0) is 0 Å². The van der Waals surface area contributed by atoms with Crippen LogP contribution in [0.4, 0.5) is 8.78 Å². The smallest absolute Gasteiger partial charge is 0.173 e. The van der Waals surface area contributed by atoms with Gasteiger partial charge in [0.25, 0.3) is 0 Å². The second-order valence-corrected chi connectivity index (χ2v) is 4.25. The van der Waals surface area contributed by atoms with Crippen molar-refractivity contribution in [3.05, 3.63) is 39.8 Å². The molecule has 0 atom stereocenters. The molecule has 72 valence electrons. The van der Waals surface area contributed by atoms with E-state index >= 15 is 0 Å². The van der Waals surface area contributed by atoms with E-state index in [4.69, 9.17) is 0 Å². The van der Waals surface area contributed by atoms with Crippen molar-refractivity contribution in [2.24, 2.45) is 0 Å². The fourth-order valence-corrected chi connectivity index (χ4v) is 2.36. The van der Waals surface area contributed by atoms with Gasteiger partial charge in [0.1, 0.15) is 5.01 Å². The molecule has 0 aliphatic rings. The Labute approximate surface area is 91.5 Å². The SMILES string of the molecule is Fc1ccc(-c2nccs2)c(Br)c1F. The highest BCUT2D eigenvalue weighted by Crippen LogP contribution is 2.32. The van der Waals surface area contributed by atoms with Gasteiger partial charge in [0.2, 0.25) is 0 Å². The Hall–Kier alpha value is -0.810. The van der Waals surface area contributed by atoms with E-state index in [2.05, 4.69) is 20.9 Å². The monoisotopic (exact) mass is 275 g/mol. The largest absolute Gasteiger partial charge is 0.245 e. The van der Waals surface area contributed by atoms with Gasteiger partial charge in [-0.05, 0) is 28.1 Å². The van der Waals surface area contributed by atoms with E-state index in [9.17, 15) is 8.78 Å². The summed E-state index contributed by atoms with van der Waals surface area (Å²) in [7, 11) is 0. The molecule has 0 aliphatic heterocycles. The van der Waals surface area contributed by atoms with Gasteiger partial charge in [0, 0.05) is 17.1 Å². The van der Waals surface area contributed by atoms with Crippen molar-refractivity contribution in [1.82, 2.24) is 4.98 Å². The summed E-state index contributed by atoms with van der Waals surface area (Å²) in [5, 5.41) is 2.44. The van der Waals surface area contributed by atoms with Gasteiger partial charge in [-0.15, -0.1) is 11.3 Å². The van der Waals surface area contributed by atoms with Crippen molar-refractivity contribution >= 4 is 27.3 Å². The van der Waals surface area contributed by atoms with Crippen LogP contribution < -0.4 is 0 Å². The van der Waals surface area contributed by atoms with Crippen LogP contribution in [0.25, 0.3) is 10.6 Å². The molecule has 1 nitrogen and oxygen atoms in total. The van der Waals surface area contributed by atoms with Crippen LogP contribution >= 0.6 is 27.3 Å². The minimum absolute atomic E-state index is 0.118. The minimum Gasteiger partial charge on any atom is -0.245 e. The highest BCUT2D eigenvalue weighted by atomic mass is 79.9. The molecular weight excluding hydrogens is 272 g/mol. The summed E-state index contributed by atoms with van der Waals surface area (Å²) in [5.74, 6) is -1.74. The Bertz CT molecular complexity index is 456. The number of benzene rings is 1. The first kappa shape index (κ1) is 9.73. The standard InChI is InChI=1S/C9H4BrF2NS/c10-7-5(9-13-3-4-14-9)1-2-6(11)8(7)12/h1-4H. The number of nitrogens with zero attached hydrogens (tertiary/aromatic N) is 1. The van der Waals surface area contributed by atoms with Gasteiger partial charge >= 0.3 is 0 Å². The molecule has 2 aromatic rings. The highest BCUT2D eigenvalue weighted by Gasteiger charge is 2.13. The van der Waals surface area contributed by atoms with Gasteiger partial charge in [0.05, 0.1) is 4.47 Å². The summed E-state index contributed by atoms with van der Waals surface area (Å²) < 4.78 is 26.0. The summed E-state index contributed by atoms with van der Waals surface area (Å²) in [4.78, 5) is 4.02. The van der Waals surface area contributed by atoms with E-state index < -0.39 is 11.6 Å². The van der Waals surface area contributed by atoms with Crippen LogP contribution in [0.5, 0.6) is 0 Å². The third-order valence-electron chi connectivity index (χ3n) is 1.70. The fourth-order valence-electron chi connectivity index (χ4n) is 1.05. The maximum Gasteiger partial charge on any atom is 0.173 e. The predicted octanol–water partition coefficient (Wildman–Crippen LogP) is 3.85. The first-order chi connectivity index (χ1) is 6.70. The summed E-state index contributed by atoms with van der Waals surface area (Å²) in [5.41, 5.74) is 0.568. The number of halogens is 3. The number of aromatic nitrogens is 1. The predicted molar refractivity (Wildman–Crippen MR) is 55.2 cm³/mol. The first-order valence-electron chi connectivity index (χ1n) is 3.73. The number of rotatable bonds is 1. The van der Waals surface area contributed by atoms with Gasteiger partial charge in [0.15, 0.2) is 11.6 Å². The van der Waals surface area contributed by atoms with Crippen molar-refractivity contribution in [3.63, 3.8) is 0 Å². The molecule has 1 heterocycles. The van der Waals surface area contributed by atoms with Crippen LogP contribution in [0.2, 0.25) is 0 Å². The Balaban J connectivity index is 2.61. The lowest BCUT2D eigenvalue weighted by Crippen LogP contribution is -1.88. The lowest BCUT2D eigenvalue weighted by atomic mass is 10.2. The number of hydrogen-bond donors (Lipinski definition) is 0. The van der Waals surface area contributed by atoms with Gasteiger partial charge in [-0.1, -0.05) is 0 Å². The molecule has 1 aromatic carbocycles. The van der Waals surface area contributed by atoms with E-state index in [1.165, 1.54) is 17.4 Å². The van der Waals surface area contributed by atoms with E-state index in [0.717, 1.165) is 6.07 Å². The van der Waals surface area contributed by atoms with Crippen LogP contribution in [0.3, 0.4) is 0 Å². The third-order valence-corrected chi connectivity index (χ3v) is 3.28. The highest BCUT2D eigenvalue weighted by molar-refractivity contribution is 9.10. The molecule has 0 radical (unpaired) electrons. The number of hydrogen-bond acceptors (Lipinski definition) is 2. The first-order valence-corrected chi connectivity index (χ1v) is 5.41. The van der Waals surface area contributed by atoms with Crippen molar-refractivity contribution in [2.45, 2.75) is 0 Å². The zero-order valence-corrected chi connectivity index (χ0v) is 9.20. The Morgan fingerprint density at radius 2 is 2.07 bits per heavy atom. The molecule has 2 rings (SSSR count). The Morgan fingerprint density at radius 3 is 2.71 bits per heavy atom. The van der Waals surface area contributed by atoms with Gasteiger partial charge < -0.3 is 0 Å². The summed E-state index contributed by atoms with van der Waals surface area (Å²) in [6, 6.07) is 2.60. The van der Waals surface area contributed by atoms with E-state index in [1.807, 2.05) is 0 Å². The molecule has 0 saturated heterocycles. The molecule has 0 aliphatic carbocycles. The maximum atomic E-state index is 13.1. The molecule has 0 bridgehead atoms. The van der Waals surface area contributed by atoms with Crippen molar-refractivity contribution in [1.29, 1.82) is 0 Å². The summed E-state index contributed by atoms with van der Waals surface area (Å²) in [6.45, 7) is 0. The molecule has 0 N–H and O–H groups in total. The third kappa shape index (κ3) is 1.57. The molecule has 1 aromatic heterocycles. The molecule has 0 amide bonds. The second kappa shape index (κ2) is 3.74. The van der Waals surface area contributed by atoms with Crippen molar-refractivity contribution < 1.29 is 8.78 Å². The molecule has 14 heavy (non-hydrogen) atoms. The van der Waals surface area contributed by atoms with Gasteiger partial charge in [-0.2, -0.15) is 0 Å². The molecular formula is C9H4BrF2NS. The fraction of sp³-hybridized carbons (Fsp3) is 0. The van der Waals surface area contributed by atoms with Crippen molar-refractivity contribution in [2.75, 3.05) is 0 Å². The Kier molecular flexibility index (Phi) is 2.60. The average molecular weight is 276 g/mol. The van der Waals surface area contributed by atoms with Crippen LogP contribution in [-0.4, -0.2) is 4.98 Å². The minimum atomic E-state index is -0.877. The summed E-state index contributed by atoms with van der Waals surface area (Å²) in [6.07, 6.45) is 1.62. The lowest BCUT2D eigenvalue weighted by molar-refractivity contribution is 0.505. The van der Waals surface area contributed by atoms with E-state index in [-0.39, 0.29) is 4.47 Å². The maximum absolute atomic E-state index is 13.1.